The molecule has 150 valence electrons. The minimum absolute atomic E-state index is 0.0118. The lowest BCUT2D eigenvalue weighted by molar-refractivity contribution is 0.0945. The first-order valence-corrected chi connectivity index (χ1v) is 10.9. The van der Waals surface area contributed by atoms with E-state index < -0.39 is 0 Å². The molecule has 3 aliphatic heterocycles. The minimum Gasteiger partial charge on any atom is -0.397 e. The zero-order chi connectivity index (χ0) is 20.0. The fourth-order valence-electron chi connectivity index (χ4n) is 4.38. The number of nitrogens with zero attached hydrogens (tertiary/aromatic N) is 2. The van der Waals surface area contributed by atoms with Gasteiger partial charge in [0.2, 0.25) is 0 Å². The molecule has 3 aliphatic rings. The Labute approximate surface area is 174 Å². The molecule has 0 radical (unpaired) electrons. The van der Waals surface area contributed by atoms with Crippen LogP contribution in [0.15, 0.2) is 42.6 Å². The van der Waals surface area contributed by atoms with Crippen molar-refractivity contribution in [2.45, 2.75) is 37.9 Å². The number of piperidine rings is 1. The van der Waals surface area contributed by atoms with E-state index in [2.05, 4.69) is 44.8 Å². The van der Waals surface area contributed by atoms with Crippen LogP contribution >= 0.6 is 11.3 Å². The van der Waals surface area contributed by atoms with Crippen molar-refractivity contribution in [2.24, 2.45) is 0 Å². The van der Waals surface area contributed by atoms with E-state index in [1.54, 1.807) is 6.20 Å². The van der Waals surface area contributed by atoms with Crippen LogP contribution in [0.1, 0.15) is 28.6 Å². The van der Waals surface area contributed by atoms with Gasteiger partial charge in [0.25, 0.3) is 5.91 Å². The molecule has 5 heterocycles. The molecule has 29 heavy (non-hydrogen) atoms. The number of hydrogen-bond acceptors (Lipinski definition) is 6. The Hall–Kier alpha value is -2.64. The summed E-state index contributed by atoms with van der Waals surface area (Å²) in [5.41, 5.74) is 9.18. The first-order valence-electron chi connectivity index (χ1n) is 10.1. The number of pyridine rings is 1. The molecule has 3 fully saturated rings. The molecule has 0 spiro atoms. The van der Waals surface area contributed by atoms with E-state index in [9.17, 15) is 4.79 Å². The second-order valence-electron chi connectivity index (χ2n) is 8.15. The highest BCUT2D eigenvalue weighted by Crippen LogP contribution is 2.32. The second kappa shape index (κ2) is 7.31. The zero-order valence-corrected chi connectivity index (χ0v) is 17.2. The number of nitrogens with two attached hydrogens (primary N) is 1. The normalized spacial score (nSPS) is 21.6. The smallest absolute Gasteiger partial charge is 0.263 e. The van der Waals surface area contributed by atoms with Crippen LogP contribution in [0.4, 0.5) is 11.4 Å². The molecule has 4 N–H and O–H groups in total. The third kappa shape index (κ3) is 3.56. The SMILES string of the molecule is CC(Cc1ccc(N2CC3CC(C2)N3)cc1)NC(=O)c1sc2ncccc2c1N. The number of carbonyl (C=O) groups excluding carboxylic acids is 1. The summed E-state index contributed by atoms with van der Waals surface area (Å²) in [6.45, 7) is 4.21. The van der Waals surface area contributed by atoms with Crippen LogP contribution in [0.3, 0.4) is 0 Å². The molecule has 7 heteroatoms. The summed E-state index contributed by atoms with van der Waals surface area (Å²) in [6.07, 6.45) is 3.81. The van der Waals surface area contributed by atoms with Crippen LogP contribution in [0.5, 0.6) is 0 Å². The number of fused-ring (bicyclic) bond motifs is 3. The van der Waals surface area contributed by atoms with Gasteiger partial charge in [0.1, 0.15) is 9.71 Å². The lowest BCUT2D eigenvalue weighted by atomic mass is 9.91. The van der Waals surface area contributed by atoms with Gasteiger partial charge in [-0.25, -0.2) is 4.98 Å². The van der Waals surface area contributed by atoms with Gasteiger partial charge >= 0.3 is 0 Å². The van der Waals surface area contributed by atoms with E-state index >= 15 is 0 Å². The first-order chi connectivity index (χ1) is 14.1. The maximum Gasteiger partial charge on any atom is 0.263 e. The van der Waals surface area contributed by atoms with Gasteiger partial charge in [-0.05, 0) is 49.6 Å². The highest BCUT2D eigenvalue weighted by atomic mass is 32.1. The van der Waals surface area contributed by atoms with Crippen LogP contribution in [0.2, 0.25) is 0 Å². The van der Waals surface area contributed by atoms with Crippen molar-refractivity contribution >= 4 is 38.8 Å². The van der Waals surface area contributed by atoms with Gasteiger partial charge in [-0.1, -0.05) is 12.1 Å². The molecule has 6 nitrogen and oxygen atoms in total. The maximum absolute atomic E-state index is 12.7. The van der Waals surface area contributed by atoms with Crippen molar-refractivity contribution in [3.8, 4) is 0 Å². The maximum atomic E-state index is 12.7. The average molecular weight is 408 g/mol. The average Bonchev–Trinajstić information content (AvgIpc) is 3.05. The molecule has 3 saturated heterocycles. The number of hydrogen-bond donors (Lipinski definition) is 3. The fourth-order valence-corrected chi connectivity index (χ4v) is 5.35. The molecule has 1 aromatic carbocycles. The van der Waals surface area contributed by atoms with Crippen molar-refractivity contribution < 1.29 is 4.79 Å². The third-order valence-electron chi connectivity index (χ3n) is 5.85. The third-order valence-corrected chi connectivity index (χ3v) is 6.98. The van der Waals surface area contributed by atoms with Gasteiger partial charge in [0.05, 0.1) is 5.69 Å². The predicted molar refractivity (Wildman–Crippen MR) is 119 cm³/mol. The molecule has 0 aliphatic carbocycles. The molecule has 2 aromatic heterocycles. The highest BCUT2D eigenvalue weighted by molar-refractivity contribution is 7.21. The van der Waals surface area contributed by atoms with Crippen LogP contribution in [0.25, 0.3) is 10.2 Å². The number of nitrogen functional groups attached to an aromatic ring is 1. The molecule has 3 aromatic rings. The number of piperazine rings is 1. The summed E-state index contributed by atoms with van der Waals surface area (Å²) in [5.74, 6) is -0.130. The number of carbonyl (C=O) groups is 1. The Bertz CT molecular complexity index is 1030. The van der Waals surface area contributed by atoms with Gasteiger partial charge in [0, 0.05) is 48.5 Å². The number of benzene rings is 1. The van der Waals surface area contributed by atoms with Crippen molar-refractivity contribution in [1.29, 1.82) is 0 Å². The van der Waals surface area contributed by atoms with Gasteiger partial charge < -0.3 is 21.3 Å². The molecular formula is C22H25N5OS. The quantitative estimate of drug-likeness (QED) is 0.606. The van der Waals surface area contributed by atoms with Gasteiger partial charge in [-0.3, -0.25) is 4.79 Å². The predicted octanol–water partition coefficient (Wildman–Crippen LogP) is 2.79. The molecule has 3 unspecified atom stereocenters. The number of rotatable bonds is 5. The molecule has 0 saturated carbocycles. The van der Waals surface area contributed by atoms with Crippen LogP contribution in [0, 0.1) is 0 Å². The Morgan fingerprint density at radius 2 is 2.03 bits per heavy atom. The monoisotopic (exact) mass is 407 g/mol. The summed E-state index contributed by atoms with van der Waals surface area (Å²) in [7, 11) is 0. The molecular weight excluding hydrogens is 382 g/mol. The van der Waals surface area contributed by atoms with Crippen LogP contribution in [-0.2, 0) is 6.42 Å². The Balaban J connectivity index is 1.21. The lowest BCUT2D eigenvalue weighted by Crippen LogP contribution is -2.67. The topological polar surface area (TPSA) is 83.3 Å². The second-order valence-corrected chi connectivity index (χ2v) is 9.15. The number of amides is 1. The first kappa shape index (κ1) is 18.4. The van der Waals surface area contributed by atoms with E-state index in [1.807, 2.05) is 19.1 Å². The van der Waals surface area contributed by atoms with E-state index in [-0.39, 0.29) is 11.9 Å². The highest BCUT2D eigenvalue weighted by Gasteiger charge is 2.36. The Morgan fingerprint density at radius 3 is 2.72 bits per heavy atom. The Kier molecular flexibility index (Phi) is 4.64. The van der Waals surface area contributed by atoms with Crippen molar-refractivity contribution in [3.63, 3.8) is 0 Å². The molecule has 1 amide bonds. The van der Waals surface area contributed by atoms with E-state index in [4.69, 9.17) is 5.73 Å². The molecule has 6 rings (SSSR count). The van der Waals surface area contributed by atoms with Crippen LogP contribution < -0.4 is 21.3 Å². The standard InChI is InChI=1S/C22H25N5OS/c1-13(25-21(28)20-19(23)18-3-2-8-24-22(18)29-20)9-14-4-6-17(7-5-14)27-11-15-10-16(12-27)26-15/h2-8,13,15-16,26H,9-12,23H2,1H3,(H,25,28). The lowest BCUT2D eigenvalue weighted by Gasteiger charge is -2.49. The summed E-state index contributed by atoms with van der Waals surface area (Å²) in [4.78, 5) is 20.8. The van der Waals surface area contributed by atoms with E-state index in [0.29, 0.717) is 22.6 Å². The zero-order valence-electron chi connectivity index (χ0n) is 16.4. The minimum atomic E-state index is -0.130. The molecule has 3 atom stereocenters. The van der Waals surface area contributed by atoms with E-state index in [0.717, 1.165) is 29.7 Å². The van der Waals surface area contributed by atoms with Gasteiger partial charge in [0.15, 0.2) is 0 Å². The summed E-state index contributed by atoms with van der Waals surface area (Å²) >= 11 is 1.34. The summed E-state index contributed by atoms with van der Waals surface area (Å²) in [6, 6.07) is 13.8. The summed E-state index contributed by atoms with van der Waals surface area (Å²) in [5, 5.41) is 7.49. The van der Waals surface area contributed by atoms with Crippen molar-refractivity contribution in [2.75, 3.05) is 23.7 Å². The molecule has 2 bridgehead atoms. The number of nitrogens with one attached hydrogen (secondary N) is 2. The van der Waals surface area contributed by atoms with Crippen molar-refractivity contribution in [3.05, 3.63) is 53.0 Å². The van der Waals surface area contributed by atoms with Crippen molar-refractivity contribution in [1.82, 2.24) is 15.6 Å². The van der Waals surface area contributed by atoms with E-state index in [1.165, 1.54) is 29.0 Å². The van der Waals surface area contributed by atoms with Gasteiger partial charge in [-0.2, -0.15) is 0 Å². The number of anilines is 2. The van der Waals surface area contributed by atoms with Crippen LogP contribution in [-0.4, -0.2) is 42.1 Å². The summed E-state index contributed by atoms with van der Waals surface area (Å²) < 4.78 is 0. The van der Waals surface area contributed by atoms with Gasteiger partial charge in [-0.15, -0.1) is 11.3 Å². The largest absolute Gasteiger partial charge is 0.397 e. The Morgan fingerprint density at radius 1 is 1.31 bits per heavy atom. The number of aromatic nitrogens is 1. The number of thiophene rings is 1. The fraction of sp³-hybridized carbons (Fsp3) is 0.364.